The van der Waals surface area contributed by atoms with Crippen molar-refractivity contribution in [2.45, 2.75) is 31.3 Å². The van der Waals surface area contributed by atoms with Crippen molar-refractivity contribution in [1.82, 2.24) is 10.6 Å². The Hall–Kier alpha value is -1.26. The lowest BCUT2D eigenvalue weighted by Gasteiger charge is -2.23. The minimum atomic E-state index is -0.907. The van der Waals surface area contributed by atoms with E-state index >= 15 is 0 Å². The van der Waals surface area contributed by atoms with E-state index in [0.29, 0.717) is 27.6 Å². The zero-order chi connectivity index (χ0) is 13.6. The van der Waals surface area contributed by atoms with Crippen LogP contribution in [0.1, 0.15) is 25.3 Å². The number of carbonyl (C=O) groups is 1. The van der Waals surface area contributed by atoms with Crippen LogP contribution in [0.3, 0.4) is 0 Å². The molecular weight excluding hydrogens is 285 g/mol. The summed E-state index contributed by atoms with van der Waals surface area (Å²) in [6, 6.07) is 5.45. The zero-order valence-electron chi connectivity index (χ0n) is 10.3. The van der Waals surface area contributed by atoms with Crippen LogP contribution in [0.2, 0.25) is 10.0 Å². The number of carbonyl (C=O) groups excluding carboxylic acids is 1. The second-order valence-electron chi connectivity index (χ2n) is 5.04. The van der Waals surface area contributed by atoms with E-state index in [-0.39, 0.29) is 5.91 Å². The Morgan fingerprint density at radius 2 is 2.11 bits per heavy atom. The van der Waals surface area contributed by atoms with E-state index in [2.05, 4.69) is 15.6 Å². The Labute approximate surface area is 121 Å². The van der Waals surface area contributed by atoms with Gasteiger partial charge in [-0.3, -0.25) is 10.1 Å². The molecule has 2 N–H and O–H groups in total. The first-order chi connectivity index (χ1) is 8.99. The van der Waals surface area contributed by atoms with E-state index in [1.165, 1.54) is 0 Å². The molecule has 4 nitrogen and oxygen atoms in total. The average Bonchev–Trinajstić information content (AvgIpc) is 3.07. The van der Waals surface area contributed by atoms with Gasteiger partial charge in [0.05, 0.1) is 6.04 Å². The van der Waals surface area contributed by atoms with Crippen molar-refractivity contribution in [3.63, 3.8) is 0 Å². The first-order valence-corrected chi connectivity index (χ1v) is 6.87. The van der Waals surface area contributed by atoms with Crippen LogP contribution in [0.4, 0.5) is 0 Å². The van der Waals surface area contributed by atoms with Crippen LogP contribution in [0, 0.1) is 0 Å². The average molecular weight is 298 g/mol. The lowest BCUT2D eigenvalue weighted by Crippen LogP contribution is -2.41. The maximum absolute atomic E-state index is 12.2. The van der Waals surface area contributed by atoms with Gasteiger partial charge in [0.15, 0.2) is 5.96 Å². The fourth-order valence-electron chi connectivity index (χ4n) is 2.09. The monoisotopic (exact) mass is 297 g/mol. The van der Waals surface area contributed by atoms with E-state index in [9.17, 15) is 4.79 Å². The summed E-state index contributed by atoms with van der Waals surface area (Å²) in [6.07, 6.45) is 2.17. The number of nitrogens with one attached hydrogen (secondary N) is 2. The van der Waals surface area contributed by atoms with Crippen molar-refractivity contribution in [2.24, 2.45) is 4.99 Å². The van der Waals surface area contributed by atoms with Gasteiger partial charge in [0.25, 0.3) is 5.91 Å². The molecule has 19 heavy (non-hydrogen) atoms. The van der Waals surface area contributed by atoms with Gasteiger partial charge in [-0.25, -0.2) is 4.99 Å². The fraction of sp³-hybridized carbons (Fsp3) is 0.385. The van der Waals surface area contributed by atoms with Crippen LogP contribution in [0.25, 0.3) is 0 Å². The molecule has 1 amide bonds. The molecule has 1 heterocycles. The van der Waals surface area contributed by atoms with Crippen molar-refractivity contribution in [3.05, 3.63) is 33.8 Å². The Balaban J connectivity index is 1.95. The molecule has 1 aliphatic carbocycles. The molecule has 0 radical (unpaired) electrons. The highest BCUT2D eigenvalue weighted by molar-refractivity contribution is 6.35. The number of hydrogen-bond acceptors (Lipinski definition) is 2. The summed E-state index contributed by atoms with van der Waals surface area (Å²) in [7, 11) is 0. The normalized spacial score (nSPS) is 28.4. The van der Waals surface area contributed by atoms with E-state index in [0.717, 1.165) is 12.8 Å². The number of hydrogen-bond donors (Lipinski definition) is 2. The molecule has 100 valence electrons. The molecular formula is C13H13Cl2N3O. The molecule has 1 aliphatic heterocycles. The topological polar surface area (TPSA) is 53.5 Å². The van der Waals surface area contributed by atoms with E-state index in [1.807, 2.05) is 0 Å². The molecule has 6 heteroatoms. The molecule has 0 bridgehead atoms. The Bertz CT molecular complexity index is 583. The maximum Gasteiger partial charge on any atom is 0.256 e. The quantitative estimate of drug-likeness (QED) is 0.881. The van der Waals surface area contributed by atoms with Crippen molar-refractivity contribution < 1.29 is 4.79 Å². The zero-order valence-corrected chi connectivity index (χ0v) is 11.8. The number of amides is 1. The summed E-state index contributed by atoms with van der Waals surface area (Å²) < 4.78 is 0. The van der Waals surface area contributed by atoms with Crippen molar-refractivity contribution in [1.29, 1.82) is 0 Å². The van der Waals surface area contributed by atoms with Crippen LogP contribution in [0.15, 0.2) is 23.2 Å². The van der Waals surface area contributed by atoms with Gasteiger partial charge >= 0.3 is 0 Å². The van der Waals surface area contributed by atoms with E-state index in [4.69, 9.17) is 23.2 Å². The molecule has 1 saturated heterocycles. The van der Waals surface area contributed by atoms with E-state index < -0.39 is 5.54 Å². The maximum atomic E-state index is 12.2. The van der Waals surface area contributed by atoms with Gasteiger partial charge in [0, 0.05) is 15.6 Å². The van der Waals surface area contributed by atoms with Gasteiger partial charge in [-0.2, -0.15) is 0 Å². The summed E-state index contributed by atoms with van der Waals surface area (Å²) in [4.78, 5) is 16.6. The lowest BCUT2D eigenvalue weighted by molar-refractivity contribution is -0.123. The molecule has 2 fully saturated rings. The second-order valence-corrected chi connectivity index (χ2v) is 5.88. The molecule has 0 spiro atoms. The van der Waals surface area contributed by atoms with Crippen LogP contribution in [0.5, 0.6) is 0 Å². The number of aliphatic imine (C=N–C) groups is 1. The largest absolute Gasteiger partial charge is 0.338 e. The predicted octanol–water partition coefficient (Wildman–Crippen LogP) is 2.45. The molecule has 1 aromatic rings. The summed E-state index contributed by atoms with van der Waals surface area (Å²) >= 11 is 12.1. The Morgan fingerprint density at radius 1 is 1.37 bits per heavy atom. The first kappa shape index (κ1) is 12.8. The van der Waals surface area contributed by atoms with Gasteiger partial charge in [-0.1, -0.05) is 29.3 Å². The van der Waals surface area contributed by atoms with E-state index in [1.54, 1.807) is 25.1 Å². The highest BCUT2D eigenvalue weighted by Crippen LogP contribution is 2.33. The molecule has 1 aromatic carbocycles. The van der Waals surface area contributed by atoms with Gasteiger partial charge in [-0.15, -0.1) is 0 Å². The minimum absolute atomic E-state index is 0.156. The molecule has 2 aliphatic rings. The fourth-order valence-corrected chi connectivity index (χ4v) is 2.69. The minimum Gasteiger partial charge on any atom is -0.338 e. The van der Waals surface area contributed by atoms with Gasteiger partial charge in [0.2, 0.25) is 0 Å². The summed E-state index contributed by atoms with van der Waals surface area (Å²) in [6.45, 7) is 1.78. The van der Waals surface area contributed by atoms with Crippen LogP contribution < -0.4 is 10.6 Å². The third-order valence-corrected chi connectivity index (χ3v) is 3.93. The lowest BCUT2D eigenvalue weighted by atomic mass is 9.92. The van der Waals surface area contributed by atoms with Crippen LogP contribution in [-0.4, -0.2) is 17.9 Å². The second kappa shape index (κ2) is 4.39. The van der Waals surface area contributed by atoms with Gasteiger partial charge in [0.1, 0.15) is 5.54 Å². The number of nitrogens with zero attached hydrogens (tertiary/aromatic N) is 1. The standard InChI is InChI=1S/C13H13Cl2N3O/c1-13(9-5-2-7(14)6-10(9)15)11(19)17-12(18-13)16-8-3-4-8/h2,5-6,8H,3-4H2,1H3,(H2,16,17,18,19). The smallest absolute Gasteiger partial charge is 0.256 e. The number of benzene rings is 1. The summed E-state index contributed by atoms with van der Waals surface area (Å²) in [5.74, 6) is 0.372. The van der Waals surface area contributed by atoms with Gasteiger partial charge in [-0.05, 0) is 31.9 Å². The predicted molar refractivity (Wildman–Crippen MR) is 75.5 cm³/mol. The third-order valence-electron chi connectivity index (χ3n) is 3.38. The van der Waals surface area contributed by atoms with Gasteiger partial charge < -0.3 is 5.32 Å². The van der Waals surface area contributed by atoms with Crippen LogP contribution >= 0.6 is 23.2 Å². The highest BCUT2D eigenvalue weighted by Gasteiger charge is 2.44. The van der Waals surface area contributed by atoms with Crippen molar-refractivity contribution in [2.75, 3.05) is 0 Å². The number of halogens is 2. The highest BCUT2D eigenvalue weighted by atomic mass is 35.5. The summed E-state index contributed by atoms with van der Waals surface area (Å²) in [5.41, 5.74) is -0.216. The molecule has 1 unspecified atom stereocenters. The number of rotatable bonds is 2. The van der Waals surface area contributed by atoms with Crippen molar-refractivity contribution in [3.8, 4) is 0 Å². The van der Waals surface area contributed by atoms with Crippen molar-refractivity contribution >= 4 is 35.1 Å². The summed E-state index contributed by atoms with van der Waals surface area (Å²) in [5, 5.41) is 6.90. The number of guanidine groups is 1. The molecule has 1 atom stereocenters. The molecule has 3 rings (SSSR count). The Morgan fingerprint density at radius 3 is 2.74 bits per heavy atom. The van der Waals surface area contributed by atoms with Crippen LogP contribution in [-0.2, 0) is 10.3 Å². The third kappa shape index (κ3) is 2.30. The molecule has 1 saturated carbocycles. The molecule has 0 aromatic heterocycles. The SMILES string of the molecule is CC1(c2ccc(Cl)cc2Cl)NC(=NC2CC2)NC1=O. The Kier molecular flexibility index (Phi) is 2.95. The first-order valence-electron chi connectivity index (χ1n) is 6.12.